The SMILES string of the molecule is CC/C=C\C/C=C\C/C=C\C/C=C\CCCCCCCCCCC(=O)OC(/C=C\C/C=C\C/C=C\CC)CCCCCCC(=O)NCC(=O)NC(CO)C(=O)O. The first kappa shape index (κ1) is 52.0. The Hall–Kier alpha value is -3.98. The van der Waals surface area contributed by atoms with Crippen LogP contribution in [0.25, 0.3) is 0 Å². The maximum Gasteiger partial charge on any atom is 0.328 e. The minimum atomic E-state index is -1.40. The number of carboxylic acids is 1. The second-order valence-corrected chi connectivity index (χ2v) is 14.0. The molecule has 0 aromatic carbocycles. The molecule has 4 N–H and O–H groups in total. The number of aliphatic carboxylic acids is 1. The van der Waals surface area contributed by atoms with Crippen molar-refractivity contribution in [2.24, 2.45) is 0 Å². The lowest BCUT2D eigenvalue weighted by Gasteiger charge is -2.15. The van der Waals surface area contributed by atoms with Gasteiger partial charge in [-0.3, -0.25) is 14.4 Å². The van der Waals surface area contributed by atoms with Crippen LogP contribution < -0.4 is 10.6 Å². The predicted octanol–water partition coefficient (Wildman–Crippen LogP) is 10.5. The van der Waals surface area contributed by atoms with E-state index in [1.54, 1.807) is 0 Å². The van der Waals surface area contributed by atoms with Gasteiger partial charge < -0.3 is 25.6 Å². The lowest BCUT2D eigenvalue weighted by molar-refractivity contribution is -0.147. The number of amides is 2. The molecule has 0 spiro atoms. The molecular weight excluding hydrogens is 705 g/mol. The van der Waals surface area contributed by atoms with Gasteiger partial charge in [0.2, 0.25) is 11.8 Å². The van der Waals surface area contributed by atoms with Gasteiger partial charge in [0.15, 0.2) is 0 Å². The van der Waals surface area contributed by atoms with Gasteiger partial charge in [0, 0.05) is 12.8 Å². The summed E-state index contributed by atoms with van der Waals surface area (Å²) in [5, 5.41) is 22.5. The molecule has 316 valence electrons. The Morgan fingerprint density at radius 1 is 0.554 bits per heavy atom. The highest BCUT2D eigenvalue weighted by Gasteiger charge is 2.18. The minimum Gasteiger partial charge on any atom is -0.480 e. The molecule has 0 aliphatic carbocycles. The topological polar surface area (TPSA) is 142 Å². The molecule has 0 saturated heterocycles. The quantitative estimate of drug-likeness (QED) is 0.0279. The van der Waals surface area contributed by atoms with E-state index in [2.05, 4.69) is 103 Å². The Labute approximate surface area is 339 Å². The maximum atomic E-state index is 12.7. The van der Waals surface area contributed by atoms with Crippen LogP contribution in [0.3, 0.4) is 0 Å². The molecule has 0 radical (unpaired) electrons. The Bertz CT molecular complexity index is 1210. The number of carboxylic acid groups (broad SMARTS) is 1. The summed E-state index contributed by atoms with van der Waals surface area (Å²) >= 11 is 0. The Balaban J connectivity index is 4.26. The van der Waals surface area contributed by atoms with Crippen LogP contribution in [0.15, 0.2) is 85.1 Å². The van der Waals surface area contributed by atoms with E-state index in [1.165, 1.54) is 32.1 Å². The molecule has 0 aliphatic rings. The standard InChI is InChI=1S/C47H76N2O7/c1-3-5-7-9-11-13-14-15-16-17-18-19-20-21-22-23-24-25-27-29-35-39-46(53)56-42(36-32-28-26-12-10-8-6-4-2)37-33-30-31-34-38-44(51)48-40-45(52)49-43(41-50)47(54)55/h5-8,11-13,15-16,18-19,26,32,36,42-43,50H,3-4,9-10,14,17,20-25,27-31,33-35,37-41H2,1-2H3,(H,48,51)(H,49,52)(H,54,55)/b7-5-,8-6-,13-11-,16-15-,19-18-,26-12-,36-32-. The highest BCUT2D eigenvalue weighted by molar-refractivity contribution is 5.87. The number of hydrogen-bond donors (Lipinski definition) is 4. The van der Waals surface area contributed by atoms with E-state index in [0.29, 0.717) is 12.8 Å². The summed E-state index contributed by atoms with van der Waals surface area (Å²) in [6.45, 7) is 3.20. The third kappa shape index (κ3) is 37.0. The number of carbonyl (C=O) groups excluding carboxylic acids is 3. The van der Waals surface area contributed by atoms with E-state index >= 15 is 0 Å². The predicted molar refractivity (Wildman–Crippen MR) is 231 cm³/mol. The van der Waals surface area contributed by atoms with Crippen molar-refractivity contribution >= 4 is 23.8 Å². The fourth-order valence-electron chi connectivity index (χ4n) is 5.64. The molecule has 0 aromatic rings. The number of carbonyl (C=O) groups is 4. The summed E-state index contributed by atoms with van der Waals surface area (Å²) in [6, 6.07) is -1.40. The molecular formula is C47H76N2O7. The van der Waals surface area contributed by atoms with Crippen LogP contribution in [0.2, 0.25) is 0 Å². The highest BCUT2D eigenvalue weighted by Crippen LogP contribution is 2.15. The van der Waals surface area contributed by atoms with Crippen molar-refractivity contribution in [1.82, 2.24) is 10.6 Å². The second-order valence-electron chi connectivity index (χ2n) is 14.0. The van der Waals surface area contributed by atoms with Gasteiger partial charge >= 0.3 is 11.9 Å². The molecule has 2 amide bonds. The Morgan fingerprint density at radius 2 is 1.02 bits per heavy atom. The molecule has 0 bridgehead atoms. The Morgan fingerprint density at radius 3 is 1.55 bits per heavy atom. The summed E-state index contributed by atoms with van der Waals surface area (Å²) in [4.78, 5) is 47.5. The maximum absolute atomic E-state index is 12.7. The van der Waals surface area contributed by atoms with Crippen molar-refractivity contribution in [2.75, 3.05) is 13.2 Å². The lowest BCUT2D eigenvalue weighted by atomic mass is 10.1. The minimum absolute atomic E-state index is 0.148. The number of aliphatic hydroxyl groups is 1. The van der Waals surface area contributed by atoms with Gasteiger partial charge in [-0.05, 0) is 89.5 Å². The third-order valence-corrected chi connectivity index (χ3v) is 8.87. The van der Waals surface area contributed by atoms with Crippen molar-refractivity contribution in [3.05, 3.63) is 85.1 Å². The van der Waals surface area contributed by atoms with Gasteiger partial charge in [-0.1, -0.05) is 144 Å². The zero-order valence-electron chi connectivity index (χ0n) is 34.9. The monoisotopic (exact) mass is 781 g/mol. The van der Waals surface area contributed by atoms with Crippen molar-refractivity contribution < 1.29 is 34.1 Å². The van der Waals surface area contributed by atoms with E-state index in [-0.39, 0.29) is 30.9 Å². The normalized spacial score (nSPS) is 13.3. The molecule has 0 fully saturated rings. The van der Waals surface area contributed by atoms with Gasteiger partial charge in [-0.15, -0.1) is 0 Å². The number of allylic oxidation sites excluding steroid dienone is 13. The van der Waals surface area contributed by atoms with Crippen LogP contribution in [-0.4, -0.2) is 59.3 Å². The number of rotatable bonds is 37. The van der Waals surface area contributed by atoms with Crippen molar-refractivity contribution in [3.63, 3.8) is 0 Å². The van der Waals surface area contributed by atoms with Crippen LogP contribution in [0, 0.1) is 0 Å². The number of unbranched alkanes of at least 4 members (excludes halogenated alkanes) is 11. The number of ether oxygens (including phenoxy) is 1. The Kier molecular flexibility index (Phi) is 37.8. The van der Waals surface area contributed by atoms with Crippen LogP contribution >= 0.6 is 0 Å². The zero-order valence-corrected chi connectivity index (χ0v) is 34.9. The average Bonchev–Trinajstić information content (AvgIpc) is 3.18. The van der Waals surface area contributed by atoms with Gasteiger partial charge in [0.25, 0.3) is 0 Å². The van der Waals surface area contributed by atoms with Crippen LogP contribution in [-0.2, 0) is 23.9 Å². The zero-order chi connectivity index (χ0) is 41.2. The van der Waals surface area contributed by atoms with E-state index in [0.717, 1.165) is 96.3 Å². The first-order valence-electron chi connectivity index (χ1n) is 21.5. The summed E-state index contributed by atoms with van der Waals surface area (Å²) in [7, 11) is 0. The molecule has 2 unspecified atom stereocenters. The van der Waals surface area contributed by atoms with Gasteiger partial charge in [-0.25, -0.2) is 4.79 Å². The van der Waals surface area contributed by atoms with Gasteiger partial charge in [-0.2, -0.15) is 0 Å². The van der Waals surface area contributed by atoms with Crippen LogP contribution in [0.5, 0.6) is 0 Å². The fraction of sp³-hybridized carbons (Fsp3) is 0.617. The number of nitrogens with one attached hydrogen (secondary N) is 2. The van der Waals surface area contributed by atoms with Crippen molar-refractivity contribution in [3.8, 4) is 0 Å². The first-order chi connectivity index (χ1) is 27.3. The summed E-state index contributed by atoms with van der Waals surface area (Å²) in [5.74, 6) is -2.46. The second kappa shape index (κ2) is 40.7. The molecule has 0 heterocycles. The average molecular weight is 781 g/mol. The van der Waals surface area contributed by atoms with Gasteiger partial charge in [0.05, 0.1) is 13.2 Å². The number of aliphatic hydroxyl groups excluding tert-OH is 1. The molecule has 2 atom stereocenters. The molecule has 0 aromatic heterocycles. The third-order valence-electron chi connectivity index (χ3n) is 8.87. The largest absolute Gasteiger partial charge is 0.480 e. The summed E-state index contributed by atoms with van der Waals surface area (Å²) in [5.41, 5.74) is 0. The smallest absolute Gasteiger partial charge is 0.328 e. The molecule has 0 rings (SSSR count). The highest BCUT2D eigenvalue weighted by atomic mass is 16.5. The van der Waals surface area contributed by atoms with E-state index < -0.39 is 24.5 Å². The first-order valence-corrected chi connectivity index (χ1v) is 21.5. The van der Waals surface area contributed by atoms with E-state index in [1.807, 2.05) is 6.08 Å². The van der Waals surface area contributed by atoms with Crippen molar-refractivity contribution in [1.29, 1.82) is 0 Å². The summed E-state index contributed by atoms with van der Waals surface area (Å²) in [6.07, 6.45) is 52.1. The molecule has 9 heteroatoms. The van der Waals surface area contributed by atoms with Crippen LogP contribution in [0.1, 0.15) is 162 Å². The number of esters is 1. The van der Waals surface area contributed by atoms with Crippen molar-refractivity contribution in [2.45, 2.75) is 174 Å². The molecule has 0 aliphatic heterocycles. The van der Waals surface area contributed by atoms with E-state index in [4.69, 9.17) is 14.9 Å². The molecule has 9 nitrogen and oxygen atoms in total. The fourth-order valence-corrected chi connectivity index (χ4v) is 5.64. The van der Waals surface area contributed by atoms with Gasteiger partial charge in [0.1, 0.15) is 12.1 Å². The van der Waals surface area contributed by atoms with E-state index in [9.17, 15) is 19.2 Å². The summed E-state index contributed by atoms with van der Waals surface area (Å²) < 4.78 is 5.87. The van der Waals surface area contributed by atoms with Crippen LogP contribution in [0.4, 0.5) is 0 Å². The molecule has 0 saturated carbocycles. The molecule has 56 heavy (non-hydrogen) atoms. The number of hydrogen-bond acceptors (Lipinski definition) is 6. The lowest BCUT2D eigenvalue weighted by Crippen LogP contribution is -2.47.